The average Bonchev–Trinajstić information content (AvgIpc) is 2.65. The molecular weight excluding hydrogens is 338 g/mol. The zero-order chi connectivity index (χ0) is 19.4. The van der Waals surface area contributed by atoms with Crippen LogP contribution in [0.4, 0.5) is 5.82 Å². The van der Waals surface area contributed by atoms with Crippen molar-refractivity contribution in [3.05, 3.63) is 71.8 Å². The molecule has 0 aliphatic carbocycles. The van der Waals surface area contributed by atoms with Crippen LogP contribution in [-0.2, 0) is 4.79 Å². The van der Waals surface area contributed by atoms with Gasteiger partial charge in [0.05, 0.1) is 5.52 Å². The number of fused-ring (bicyclic) bond motifs is 1. The number of anilines is 1. The van der Waals surface area contributed by atoms with Gasteiger partial charge in [0.25, 0.3) is 5.91 Å². The second-order valence-corrected chi connectivity index (χ2v) is 6.89. The molecule has 27 heavy (non-hydrogen) atoms. The molecule has 2 amide bonds. The summed E-state index contributed by atoms with van der Waals surface area (Å²) in [7, 11) is 0. The first-order valence-electron chi connectivity index (χ1n) is 8.99. The normalized spacial score (nSPS) is 12.0. The highest BCUT2D eigenvalue weighted by Gasteiger charge is 2.25. The maximum Gasteiger partial charge on any atom is 0.252 e. The van der Waals surface area contributed by atoms with Crippen molar-refractivity contribution in [2.24, 2.45) is 5.92 Å². The molecule has 0 radical (unpaired) electrons. The molecule has 1 aromatic heterocycles. The fourth-order valence-corrected chi connectivity index (χ4v) is 2.92. The van der Waals surface area contributed by atoms with Gasteiger partial charge in [0.2, 0.25) is 5.91 Å². The minimum Gasteiger partial charge on any atom is -0.340 e. The number of aryl methyl sites for hydroxylation is 1. The summed E-state index contributed by atoms with van der Waals surface area (Å²) in [5.74, 6) is -0.143. The summed E-state index contributed by atoms with van der Waals surface area (Å²) in [5, 5.41) is 6.68. The van der Waals surface area contributed by atoms with E-state index in [0.717, 1.165) is 16.5 Å². The summed E-state index contributed by atoms with van der Waals surface area (Å²) in [6.07, 6.45) is 0. The standard InChI is InChI=1S/C22H23N3O2/c1-14(2)20(25-21(26)17-10-6-4-8-15(17)3)22(27)24-19-13-12-16-9-5-7-11-18(16)23-19/h4-14,20H,1-3H3,(H,25,26)(H,23,24,27)/t20-/m0/s1. The van der Waals surface area contributed by atoms with Crippen molar-refractivity contribution < 1.29 is 9.59 Å². The van der Waals surface area contributed by atoms with Gasteiger partial charge >= 0.3 is 0 Å². The number of amides is 2. The molecule has 1 atom stereocenters. The third-order valence-electron chi connectivity index (χ3n) is 4.48. The van der Waals surface area contributed by atoms with Gasteiger partial charge in [-0.1, -0.05) is 50.2 Å². The Hall–Kier alpha value is -3.21. The summed E-state index contributed by atoms with van der Waals surface area (Å²) in [4.78, 5) is 29.8. The van der Waals surface area contributed by atoms with E-state index in [1.54, 1.807) is 12.1 Å². The maximum atomic E-state index is 12.8. The lowest BCUT2D eigenvalue weighted by atomic mass is 10.0. The van der Waals surface area contributed by atoms with E-state index in [2.05, 4.69) is 15.6 Å². The summed E-state index contributed by atoms with van der Waals surface area (Å²) in [6, 6.07) is 18.0. The van der Waals surface area contributed by atoms with Crippen LogP contribution in [0.3, 0.4) is 0 Å². The SMILES string of the molecule is Cc1ccccc1C(=O)N[C@H](C(=O)Nc1ccc2ccccc2n1)C(C)C. The Morgan fingerprint density at radius 1 is 0.926 bits per heavy atom. The van der Waals surface area contributed by atoms with Crippen LogP contribution in [-0.4, -0.2) is 22.8 Å². The van der Waals surface area contributed by atoms with Crippen molar-refractivity contribution in [2.75, 3.05) is 5.32 Å². The Balaban J connectivity index is 1.76. The van der Waals surface area contributed by atoms with Crippen LogP contribution >= 0.6 is 0 Å². The monoisotopic (exact) mass is 361 g/mol. The van der Waals surface area contributed by atoms with Crippen molar-refractivity contribution in [3.8, 4) is 0 Å². The number of aromatic nitrogens is 1. The molecule has 0 bridgehead atoms. The minimum atomic E-state index is -0.662. The van der Waals surface area contributed by atoms with Crippen molar-refractivity contribution in [1.82, 2.24) is 10.3 Å². The Labute approximate surface area is 158 Å². The molecule has 2 N–H and O–H groups in total. The van der Waals surface area contributed by atoms with Crippen LogP contribution in [0.25, 0.3) is 10.9 Å². The maximum absolute atomic E-state index is 12.8. The Morgan fingerprint density at radius 3 is 2.37 bits per heavy atom. The van der Waals surface area contributed by atoms with Crippen molar-refractivity contribution in [1.29, 1.82) is 0 Å². The fourth-order valence-electron chi connectivity index (χ4n) is 2.92. The lowest BCUT2D eigenvalue weighted by Crippen LogP contribution is -2.47. The molecule has 1 heterocycles. The molecule has 2 aromatic carbocycles. The first-order valence-corrected chi connectivity index (χ1v) is 8.99. The number of carbonyl (C=O) groups excluding carboxylic acids is 2. The lowest BCUT2D eigenvalue weighted by Gasteiger charge is -2.22. The smallest absolute Gasteiger partial charge is 0.252 e. The Bertz CT molecular complexity index is 982. The highest BCUT2D eigenvalue weighted by molar-refractivity contribution is 6.02. The van der Waals surface area contributed by atoms with E-state index in [1.807, 2.05) is 69.3 Å². The van der Waals surface area contributed by atoms with Crippen LogP contribution in [0.15, 0.2) is 60.7 Å². The van der Waals surface area contributed by atoms with E-state index in [-0.39, 0.29) is 17.7 Å². The van der Waals surface area contributed by atoms with Crippen LogP contribution < -0.4 is 10.6 Å². The minimum absolute atomic E-state index is 0.0709. The van der Waals surface area contributed by atoms with Crippen LogP contribution in [0.2, 0.25) is 0 Å². The molecule has 3 rings (SSSR count). The largest absolute Gasteiger partial charge is 0.340 e. The highest BCUT2D eigenvalue weighted by atomic mass is 16.2. The summed E-state index contributed by atoms with van der Waals surface area (Å²) in [5.41, 5.74) is 2.24. The molecule has 0 aliphatic rings. The van der Waals surface area contributed by atoms with Crippen molar-refractivity contribution in [3.63, 3.8) is 0 Å². The molecule has 0 unspecified atom stereocenters. The zero-order valence-corrected chi connectivity index (χ0v) is 15.7. The van der Waals surface area contributed by atoms with E-state index in [9.17, 15) is 9.59 Å². The third-order valence-corrected chi connectivity index (χ3v) is 4.48. The van der Waals surface area contributed by atoms with Crippen molar-refractivity contribution >= 4 is 28.5 Å². The predicted octanol–water partition coefficient (Wildman–Crippen LogP) is 3.94. The first-order chi connectivity index (χ1) is 13.0. The Kier molecular flexibility index (Phi) is 5.50. The van der Waals surface area contributed by atoms with Crippen LogP contribution in [0, 0.1) is 12.8 Å². The molecule has 0 fully saturated rings. The molecule has 3 aromatic rings. The van der Waals surface area contributed by atoms with Gasteiger partial charge in [0.1, 0.15) is 11.9 Å². The van der Waals surface area contributed by atoms with E-state index < -0.39 is 6.04 Å². The van der Waals surface area contributed by atoms with Crippen LogP contribution in [0.1, 0.15) is 29.8 Å². The van der Waals surface area contributed by atoms with Gasteiger partial charge in [0, 0.05) is 10.9 Å². The molecular formula is C22H23N3O2. The fraction of sp³-hybridized carbons (Fsp3) is 0.227. The van der Waals surface area contributed by atoms with Crippen molar-refractivity contribution in [2.45, 2.75) is 26.8 Å². The summed E-state index contributed by atoms with van der Waals surface area (Å²) < 4.78 is 0. The number of benzene rings is 2. The predicted molar refractivity (Wildman–Crippen MR) is 108 cm³/mol. The third kappa shape index (κ3) is 4.31. The summed E-state index contributed by atoms with van der Waals surface area (Å²) in [6.45, 7) is 5.67. The quantitative estimate of drug-likeness (QED) is 0.723. The number of hydrogen-bond donors (Lipinski definition) is 2. The second-order valence-electron chi connectivity index (χ2n) is 6.89. The van der Waals surface area contributed by atoms with Gasteiger partial charge in [-0.3, -0.25) is 9.59 Å². The molecule has 138 valence electrons. The zero-order valence-electron chi connectivity index (χ0n) is 15.7. The molecule has 0 spiro atoms. The van der Waals surface area contributed by atoms with Gasteiger partial charge in [-0.2, -0.15) is 0 Å². The number of carbonyl (C=O) groups is 2. The second kappa shape index (κ2) is 7.99. The van der Waals surface area contributed by atoms with E-state index >= 15 is 0 Å². The van der Waals surface area contributed by atoms with Gasteiger partial charge < -0.3 is 10.6 Å². The van der Waals surface area contributed by atoms with Gasteiger partial charge in [-0.05, 0) is 42.7 Å². The van der Waals surface area contributed by atoms with E-state index in [4.69, 9.17) is 0 Å². The molecule has 5 nitrogen and oxygen atoms in total. The number of nitrogens with zero attached hydrogens (tertiary/aromatic N) is 1. The van der Waals surface area contributed by atoms with Gasteiger partial charge in [0.15, 0.2) is 0 Å². The number of hydrogen-bond acceptors (Lipinski definition) is 3. The molecule has 0 saturated heterocycles. The van der Waals surface area contributed by atoms with E-state index in [1.165, 1.54) is 0 Å². The average molecular weight is 361 g/mol. The Morgan fingerprint density at radius 2 is 1.63 bits per heavy atom. The van der Waals surface area contributed by atoms with Crippen LogP contribution in [0.5, 0.6) is 0 Å². The van der Waals surface area contributed by atoms with Gasteiger partial charge in [-0.25, -0.2) is 4.98 Å². The number of nitrogens with one attached hydrogen (secondary N) is 2. The summed E-state index contributed by atoms with van der Waals surface area (Å²) >= 11 is 0. The number of rotatable bonds is 5. The topological polar surface area (TPSA) is 71.1 Å². The highest BCUT2D eigenvalue weighted by Crippen LogP contribution is 2.16. The molecule has 0 saturated carbocycles. The lowest BCUT2D eigenvalue weighted by molar-refractivity contribution is -0.118. The van der Waals surface area contributed by atoms with E-state index in [0.29, 0.717) is 11.4 Å². The number of pyridine rings is 1. The molecule has 5 heteroatoms. The molecule has 0 aliphatic heterocycles. The van der Waals surface area contributed by atoms with Gasteiger partial charge in [-0.15, -0.1) is 0 Å². The first kappa shape index (κ1) is 18.6. The number of para-hydroxylation sites is 1.